The van der Waals surface area contributed by atoms with Gasteiger partial charge in [-0.2, -0.15) is 0 Å². The molecular weight excluding hydrogens is 242 g/mol. The fourth-order valence-corrected chi connectivity index (χ4v) is 1.82. The molecule has 0 bridgehead atoms. The molecule has 5 nitrogen and oxygen atoms in total. The summed E-state index contributed by atoms with van der Waals surface area (Å²) >= 11 is 0. The Labute approximate surface area is 111 Å². The first-order valence-corrected chi connectivity index (χ1v) is 5.97. The number of pyridine rings is 1. The number of aryl methyl sites for hydroxylation is 2. The molecule has 0 fully saturated rings. The van der Waals surface area contributed by atoms with Crippen molar-refractivity contribution in [3.63, 3.8) is 0 Å². The van der Waals surface area contributed by atoms with E-state index in [0.717, 1.165) is 16.7 Å². The number of anilines is 1. The van der Waals surface area contributed by atoms with Gasteiger partial charge in [-0.15, -0.1) is 0 Å². The van der Waals surface area contributed by atoms with Crippen molar-refractivity contribution in [1.82, 2.24) is 4.98 Å². The monoisotopic (exact) mass is 257 g/mol. The van der Waals surface area contributed by atoms with E-state index in [1.54, 1.807) is 13.1 Å². The van der Waals surface area contributed by atoms with Gasteiger partial charge in [-0.05, 0) is 30.5 Å². The Morgan fingerprint density at radius 3 is 2.74 bits per heavy atom. The molecule has 1 aromatic heterocycles. The standard InChI is InChI=1S/C14H15N3O2/c1-10-7-13(17(18)19)14(15-8-10)16-9-12-6-4-3-5-11(12)2/h3-8H,9H2,1-2H3,(H,15,16). The maximum Gasteiger partial charge on any atom is 0.311 e. The molecule has 2 aromatic rings. The molecule has 19 heavy (non-hydrogen) atoms. The Hall–Kier alpha value is -2.43. The smallest absolute Gasteiger partial charge is 0.311 e. The lowest BCUT2D eigenvalue weighted by atomic mass is 10.1. The fourth-order valence-electron chi connectivity index (χ4n) is 1.82. The van der Waals surface area contributed by atoms with Crippen LogP contribution in [-0.4, -0.2) is 9.91 Å². The molecule has 1 aromatic carbocycles. The summed E-state index contributed by atoms with van der Waals surface area (Å²) in [5.41, 5.74) is 3.02. The van der Waals surface area contributed by atoms with Gasteiger partial charge in [0.25, 0.3) is 0 Å². The van der Waals surface area contributed by atoms with Crippen LogP contribution in [0.25, 0.3) is 0 Å². The van der Waals surface area contributed by atoms with E-state index in [-0.39, 0.29) is 5.69 Å². The van der Waals surface area contributed by atoms with Gasteiger partial charge in [0, 0.05) is 18.8 Å². The van der Waals surface area contributed by atoms with Gasteiger partial charge in [0.1, 0.15) is 0 Å². The first-order valence-electron chi connectivity index (χ1n) is 5.97. The molecule has 1 N–H and O–H groups in total. The molecule has 5 heteroatoms. The van der Waals surface area contributed by atoms with Crippen molar-refractivity contribution in [1.29, 1.82) is 0 Å². The SMILES string of the molecule is Cc1cnc(NCc2ccccc2C)c([N+](=O)[O-])c1. The van der Waals surface area contributed by atoms with Crippen LogP contribution in [0.5, 0.6) is 0 Å². The second kappa shape index (κ2) is 5.48. The molecule has 0 atom stereocenters. The zero-order chi connectivity index (χ0) is 13.8. The molecule has 1 heterocycles. The molecule has 0 aliphatic carbocycles. The number of benzene rings is 1. The minimum absolute atomic E-state index is 0.00795. The van der Waals surface area contributed by atoms with Gasteiger partial charge >= 0.3 is 5.69 Å². The number of aromatic nitrogens is 1. The van der Waals surface area contributed by atoms with Gasteiger partial charge in [0.15, 0.2) is 0 Å². The lowest BCUT2D eigenvalue weighted by Crippen LogP contribution is -2.06. The Balaban J connectivity index is 2.20. The van der Waals surface area contributed by atoms with Crippen LogP contribution in [0.15, 0.2) is 36.5 Å². The summed E-state index contributed by atoms with van der Waals surface area (Å²) in [6.45, 7) is 4.31. The summed E-state index contributed by atoms with van der Waals surface area (Å²) in [6.07, 6.45) is 1.62. The van der Waals surface area contributed by atoms with Crippen LogP contribution >= 0.6 is 0 Å². The average Bonchev–Trinajstić information content (AvgIpc) is 2.38. The van der Waals surface area contributed by atoms with E-state index >= 15 is 0 Å². The summed E-state index contributed by atoms with van der Waals surface area (Å²) in [4.78, 5) is 14.7. The van der Waals surface area contributed by atoms with Crippen LogP contribution in [0, 0.1) is 24.0 Å². The molecule has 0 aliphatic heterocycles. The number of rotatable bonds is 4. The maximum absolute atomic E-state index is 11.0. The van der Waals surface area contributed by atoms with Crippen LogP contribution in [0.3, 0.4) is 0 Å². The second-order valence-corrected chi connectivity index (χ2v) is 4.42. The van der Waals surface area contributed by atoms with Crippen LogP contribution in [0.1, 0.15) is 16.7 Å². The van der Waals surface area contributed by atoms with E-state index in [1.807, 2.05) is 31.2 Å². The Kier molecular flexibility index (Phi) is 3.75. The normalized spacial score (nSPS) is 10.2. The van der Waals surface area contributed by atoms with Crippen molar-refractivity contribution in [2.45, 2.75) is 20.4 Å². The molecule has 0 unspecified atom stereocenters. The third-order valence-corrected chi connectivity index (χ3v) is 2.91. The predicted octanol–water partition coefficient (Wildman–Crippen LogP) is 3.22. The Morgan fingerprint density at radius 1 is 1.32 bits per heavy atom. The fraction of sp³-hybridized carbons (Fsp3) is 0.214. The maximum atomic E-state index is 11.0. The number of hydrogen-bond acceptors (Lipinski definition) is 4. The summed E-state index contributed by atoms with van der Waals surface area (Å²) in [5, 5.41) is 14.0. The summed E-state index contributed by atoms with van der Waals surface area (Å²) in [7, 11) is 0. The van der Waals surface area contributed by atoms with Gasteiger partial charge in [-0.25, -0.2) is 4.98 Å². The van der Waals surface area contributed by atoms with E-state index in [0.29, 0.717) is 12.4 Å². The molecule has 0 saturated carbocycles. The molecule has 0 amide bonds. The van der Waals surface area contributed by atoms with E-state index in [4.69, 9.17) is 0 Å². The minimum Gasteiger partial charge on any atom is -0.360 e. The molecule has 0 radical (unpaired) electrons. The number of hydrogen-bond donors (Lipinski definition) is 1. The quantitative estimate of drug-likeness (QED) is 0.674. The van der Waals surface area contributed by atoms with Crippen molar-refractivity contribution in [3.8, 4) is 0 Å². The highest BCUT2D eigenvalue weighted by molar-refractivity contribution is 5.56. The van der Waals surface area contributed by atoms with Crippen molar-refractivity contribution in [2.24, 2.45) is 0 Å². The van der Waals surface area contributed by atoms with Gasteiger partial charge in [0.05, 0.1) is 4.92 Å². The van der Waals surface area contributed by atoms with Crippen LogP contribution in [-0.2, 0) is 6.54 Å². The highest BCUT2D eigenvalue weighted by Gasteiger charge is 2.15. The second-order valence-electron chi connectivity index (χ2n) is 4.42. The van der Waals surface area contributed by atoms with Crippen molar-refractivity contribution < 1.29 is 4.92 Å². The molecule has 0 aliphatic rings. The highest BCUT2D eigenvalue weighted by atomic mass is 16.6. The van der Waals surface area contributed by atoms with Crippen LogP contribution in [0.4, 0.5) is 11.5 Å². The minimum atomic E-state index is -0.416. The average molecular weight is 257 g/mol. The van der Waals surface area contributed by atoms with Crippen molar-refractivity contribution in [2.75, 3.05) is 5.32 Å². The van der Waals surface area contributed by atoms with Crippen molar-refractivity contribution in [3.05, 3.63) is 63.3 Å². The first kappa shape index (κ1) is 13.0. The zero-order valence-corrected chi connectivity index (χ0v) is 10.9. The van der Waals surface area contributed by atoms with Gasteiger partial charge in [0.2, 0.25) is 5.82 Å². The molecule has 98 valence electrons. The predicted molar refractivity (Wildman–Crippen MR) is 74.1 cm³/mol. The molecule has 0 saturated heterocycles. The van der Waals surface area contributed by atoms with E-state index in [9.17, 15) is 10.1 Å². The number of nitrogens with one attached hydrogen (secondary N) is 1. The van der Waals surface area contributed by atoms with Crippen LogP contribution in [0.2, 0.25) is 0 Å². The lowest BCUT2D eigenvalue weighted by Gasteiger charge is -2.08. The largest absolute Gasteiger partial charge is 0.360 e. The Morgan fingerprint density at radius 2 is 2.05 bits per heavy atom. The van der Waals surface area contributed by atoms with Crippen LogP contribution < -0.4 is 5.32 Å². The van der Waals surface area contributed by atoms with Gasteiger partial charge in [-0.1, -0.05) is 24.3 Å². The molecule has 2 rings (SSSR count). The third kappa shape index (κ3) is 3.07. The summed E-state index contributed by atoms with van der Waals surface area (Å²) in [5.74, 6) is 0.304. The molecule has 0 spiro atoms. The highest BCUT2D eigenvalue weighted by Crippen LogP contribution is 2.23. The zero-order valence-electron chi connectivity index (χ0n) is 10.9. The van der Waals surface area contributed by atoms with E-state index in [2.05, 4.69) is 10.3 Å². The number of nitrogens with zero attached hydrogens (tertiary/aromatic N) is 2. The van der Waals surface area contributed by atoms with Gasteiger partial charge in [-0.3, -0.25) is 10.1 Å². The van der Waals surface area contributed by atoms with Crippen molar-refractivity contribution >= 4 is 11.5 Å². The first-order chi connectivity index (χ1) is 9.08. The number of nitro groups is 1. The molecular formula is C14H15N3O2. The van der Waals surface area contributed by atoms with E-state index < -0.39 is 4.92 Å². The summed E-state index contributed by atoms with van der Waals surface area (Å²) in [6, 6.07) is 9.43. The van der Waals surface area contributed by atoms with E-state index in [1.165, 1.54) is 6.07 Å². The lowest BCUT2D eigenvalue weighted by molar-refractivity contribution is -0.384. The topological polar surface area (TPSA) is 68.1 Å². The Bertz CT molecular complexity index is 611. The van der Waals surface area contributed by atoms with Gasteiger partial charge < -0.3 is 5.32 Å². The summed E-state index contributed by atoms with van der Waals surface area (Å²) < 4.78 is 0. The third-order valence-electron chi connectivity index (χ3n) is 2.91.